The summed E-state index contributed by atoms with van der Waals surface area (Å²) in [6.45, 7) is 6.29. The molecule has 0 spiro atoms. The second-order valence-electron chi connectivity index (χ2n) is 6.22. The minimum Gasteiger partial charge on any atom is -0.376 e. The molecule has 1 saturated heterocycles. The van der Waals surface area contributed by atoms with Gasteiger partial charge in [-0.15, -0.1) is 0 Å². The van der Waals surface area contributed by atoms with Crippen molar-refractivity contribution in [3.05, 3.63) is 23.8 Å². The number of benzene rings is 1. The monoisotopic (exact) mass is 347 g/mol. The molecule has 1 heterocycles. The maximum absolute atomic E-state index is 12.1. The number of anilines is 2. The van der Waals surface area contributed by atoms with Crippen LogP contribution in [-0.4, -0.2) is 38.4 Å². The Kier molecular flexibility index (Phi) is 8.11. The van der Waals surface area contributed by atoms with Gasteiger partial charge in [0.1, 0.15) is 6.04 Å². The molecule has 0 aliphatic carbocycles. The summed E-state index contributed by atoms with van der Waals surface area (Å²) in [6.07, 6.45) is 3.32. The Balaban J connectivity index is 0.000000970. The van der Waals surface area contributed by atoms with Crippen LogP contribution in [0.3, 0.4) is 0 Å². The first-order chi connectivity index (χ1) is 11.9. The predicted molar refractivity (Wildman–Crippen MR) is 101 cm³/mol. The van der Waals surface area contributed by atoms with Crippen LogP contribution in [0.1, 0.15) is 45.6 Å². The first-order valence-electron chi connectivity index (χ1n) is 8.77. The summed E-state index contributed by atoms with van der Waals surface area (Å²) < 4.78 is 0. The number of amides is 3. The number of carbonyl (C=O) groups excluding carboxylic acids is 3. The highest BCUT2D eigenvalue weighted by molar-refractivity contribution is 6.04. The number of piperidine rings is 1. The van der Waals surface area contributed by atoms with Gasteiger partial charge in [0.15, 0.2) is 0 Å². The van der Waals surface area contributed by atoms with Crippen molar-refractivity contribution in [1.82, 2.24) is 5.32 Å². The van der Waals surface area contributed by atoms with E-state index in [1.165, 1.54) is 11.3 Å². The number of nitrogens with one attached hydrogen (secondary N) is 1. The van der Waals surface area contributed by atoms with Crippen LogP contribution in [-0.2, 0) is 20.8 Å². The molecule has 0 radical (unpaired) electrons. The lowest BCUT2D eigenvalue weighted by atomic mass is 10.0. The van der Waals surface area contributed by atoms with E-state index in [4.69, 9.17) is 0 Å². The van der Waals surface area contributed by atoms with Gasteiger partial charge in [0.25, 0.3) is 0 Å². The summed E-state index contributed by atoms with van der Waals surface area (Å²) in [7, 11) is 3.82. The quantitative estimate of drug-likeness (QED) is 0.656. The second-order valence-corrected chi connectivity index (χ2v) is 6.22. The maximum Gasteiger partial charge on any atom is 0.249 e. The van der Waals surface area contributed by atoms with Gasteiger partial charge in [-0.05, 0) is 24.5 Å². The number of hydrogen-bond donors (Lipinski definition) is 1. The molecule has 1 atom stereocenters. The summed E-state index contributed by atoms with van der Waals surface area (Å²) in [6, 6.07) is 5.06. The lowest BCUT2D eigenvalue weighted by Gasteiger charge is -2.33. The molecule has 1 aromatic rings. The molecular weight excluding hydrogens is 318 g/mol. The van der Waals surface area contributed by atoms with E-state index in [2.05, 4.69) is 19.2 Å². The zero-order valence-electron chi connectivity index (χ0n) is 15.8. The van der Waals surface area contributed by atoms with Crippen molar-refractivity contribution in [3.8, 4) is 0 Å². The second kappa shape index (κ2) is 9.81. The molecule has 138 valence electrons. The molecule has 6 nitrogen and oxygen atoms in total. The number of hydrogen-bond acceptors (Lipinski definition) is 4. The van der Waals surface area contributed by atoms with Gasteiger partial charge in [0, 0.05) is 20.5 Å². The molecule has 0 aromatic heterocycles. The van der Waals surface area contributed by atoms with Gasteiger partial charge >= 0.3 is 0 Å². The Morgan fingerprint density at radius 2 is 1.84 bits per heavy atom. The number of rotatable bonds is 5. The van der Waals surface area contributed by atoms with Crippen LogP contribution < -0.4 is 15.1 Å². The first kappa shape index (κ1) is 20.7. The van der Waals surface area contributed by atoms with Crippen LogP contribution in [0, 0.1) is 0 Å². The summed E-state index contributed by atoms with van der Waals surface area (Å²) in [5.41, 5.74) is 2.71. The maximum atomic E-state index is 12.1. The van der Waals surface area contributed by atoms with Crippen LogP contribution in [0.5, 0.6) is 0 Å². The Labute approximate surface area is 150 Å². The smallest absolute Gasteiger partial charge is 0.249 e. The van der Waals surface area contributed by atoms with E-state index in [1.807, 2.05) is 44.1 Å². The number of para-hydroxylation sites is 1. The third kappa shape index (κ3) is 5.05. The van der Waals surface area contributed by atoms with Crippen molar-refractivity contribution in [2.45, 2.75) is 52.5 Å². The van der Waals surface area contributed by atoms with Gasteiger partial charge in [-0.3, -0.25) is 19.7 Å². The third-order valence-electron chi connectivity index (χ3n) is 3.86. The molecular formula is C19H29N3O3. The Bertz CT molecular complexity index is 614. The molecule has 25 heavy (non-hydrogen) atoms. The van der Waals surface area contributed by atoms with Gasteiger partial charge in [-0.1, -0.05) is 39.3 Å². The van der Waals surface area contributed by atoms with Crippen LogP contribution >= 0.6 is 0 Å². The molecule has 0 bridgehead atoms. The fraction of sp³-hybridized carbons (Fsp3) is 0.526. The van der Waals surface area contributed by atoms with Crippen molar-refractivity contribution >= 4 is 29.6 Å². The summed E-state index contributed by atoms with van der Waals surface area (Å²) in [4.78, 5) is 38.4. The number of carbonyl (C=O) groups is 3. The highest BCUT2D eigenvalue weighted by atomic mass is 16.2. The molecule has 1 unspecified atom stereocenters. The minimum atomic E-state index is -0.652. The van der Waals surface area contributed by atoms with E-state index >= 15 is 0 Å². The first-order valence-corrected chi connectivity index (χ1v) is 8.77. The Morgan fingerprint density at radius 3 is 2.32 bits per heavy atom. The lowest BCUT2D eigenvalue weighted by Crippen LogP contribution is -2.52. The highest BCUT2D eigenvalue weighted by Gasteiger charge is 2.33. The number of nitrogens with zero attached hydrogens (tertiary/aromatic N) is 2. The van der Waals surface area contributed by atoms with Crippen molar-refractivity contribution in [2.75, 3.05) is 23.9 Å². The zero-order chi connectivity index (χ0) is 19.0. The fourth-order valence-electron chi connectivity index (χ4n) is 2.83. The molecule has 1 aliphatic heterocycles. The SMILES string of the molecule is CCC.CCc1cccc(N(C=O)C2CCC(=O)NC2=O)c1N(C)C. The average molecular weight is 347 g/mol. The lowest BCUT2D eigenvalue weighted by molar-refractivity contribution is -0.134. The molecule has 0 saturated carbocycles. The zero-order valence-corrected chi connectivity index (χ0v) is 15.8. The van der Waals surface area contributed by atoms with E-state index in [0.717, 1.165) is 17.7 Å². The fourth-order valence-corrected chi connectivity index (χ4v) is 2.83. The molecule has 1 aliphatic rings. The minimum absolute atomic E-state index is 0.242. The Hall–Kier alpha value is -2.37. The Morgan fingerprint density at radius 1 is 1.20 bits per heavy atom. The van der Waals surface area contributed by atoms with Crippen LogP contribution in [0.2, 0.25) is 0 Å². The van der Waals surface area contributed by atoms with E-state index < -0.39 is 11.9 Å². The third-order valence-corrected chi connectivity index (χ3v) is 3.86. The van der Waals surface area contributed by atoms with Crippen LogP contribution in [0.15, 0.2) is 18.2 Å². The number of aryl methyl sites for hydroxylation is 1. The van der Waals surface area contributed by atoms with Crippen molar-refractivity contribution < 1.29 is 14.4 Å². The van der Waals surface area contributed by atoms with Gasteiger partial charge in [0.05, 0.1) is 11.4 Å². The summed E-state index contributed by atoms with van der Waals surface area (Å²) in [5.74, 6) is -0.711. The molecule has 6 heteroatoms. The number of imide groups is 1. The molecule has 1 aromatic carbocycles. The summed E-state index contributed by atoms with van der Waals surface area (Å²) >= 11 is 0. The standard InChI is InChI=1S/C16H21N3O3.C3H8/c1-4-11-6-5-7-12(15(11)18(2)3)19(10-20)13-8-9-14(21)17-16(13)22;1-3-2/h5-7,10,13H,4,8-9H2,1-3H3,(H,17,21,22);3H2,1-2H3. The largest absolute Gasteiger partial charge is 0.376 e. The van der Waals surface area contributed by atoms with E-state index in [1.54, 1.807) is 0 Å². The topological polar surface area (TPSA) is 69.7 Å². The van der Waals surface area contributed by atoms with Crippen molar-refractivity contribution in [3.63, 3.8) is 0 Å². The van der Waals surface area contributed by atoms with Crippen molar-refractivity contribution in [1.29, 1.82) is 0 Å². The average Bonchev–Trinajstić information content (AvgIpc) is 2.57. The van der Waals surface area contributed by atoms with Gasteiger partial charge < -0.3 is 9.80 Å². The highest BCUT2D eigenvalue weighted by Crippen LogP contribution is 2.33. The van der Waals surface area contributed by atoms with Crippen molar-refractivity contribution in [2.24, 2.45) is 0 Å². The molecule has 2 rings (SSSR count). The summed E-state index contributed by atoms with van der Waals surface area (Å²) in [5, 5.41) is 2.30. The predicted octanol–water partition coefficient (Wildman–Crippen LogP) is 2.50. The van der Waals surface area contributed by atoms with E-state index in [-0.39, 0.29) is 12.3 Å². The van der Waals surface area contributed by atoms with Gasteiger partial charge in [-0.2, -0.15) is 0 Å². The van der Waals surface area contributed by atoms with Crippen LogP contribution in [0.4, 0.5) is 11.4 Å². The molecule has 1 N–H and O–H groups in total. The van der Waals surface area contributed by atoms with Gasteiger partial charge in [0.2, 0.25) is 18.2 Å². The van der Waals surface area contributed by atoms with Gasteiger partial charge in [-0.25, -0.2) is 0 Å². The molecule has 1 fully saturated rings. The normalized spacial score (nSPS) is 16.4. The van der Waals surface area contributed by atoms with E-state index in [9.17, 15) is 14.4 Å². The van der Waals surface area contributed by atoms with E-state index in [0.29, 0.717) is 18.5 Å². The van der Waals surface area contributed by atoms with Crippen LogP contribution in [0.25, 0.3) is 0 Å². The molecule has 3 amide bonds.